The highest BCUT2D eigenvalue weighted by atomic mass is 35.5. The molecule has 6 nitrogen and oxygen atoms in total. The Kier molecular flexibility index (Phi) is 6.29. The van der Waals surface area contributed by atoms with Crippen LogP contribution in [0.1, 0.15) is 34.8 Å². The first-order chi connectivity index (χ1) is 15.2. The van der Waals surface area contributed by atoms with E-state index in [1.807, 2.05) is 61.5 Å². The lowest BCUT2D eigenvalue weighted by Gasteiger charge is -2.18. The van der Waals surface area contributed by atoms with Crippen molar-refractivity contribution in [1.82, 2.24) is 15.5 Å². The Morgan fingerprint density at radius 3 is 2.48 bits per heavy atom. The number of hydrogen-bond donors (Lipinski definition) is 1. The lowest BCUT2D eigenvalue weighted by Crippen LogP contribution is -2.30. The van der Waals surface area contributed by atoms with Gasteiger partial charge in [-0.2, -0.15) is 0 Å². The number of carbonyl (C=O) groups excluding carboxylic acids is 1. The topological polar surface area (TPSA) is 77.2 Å². The molecule has 1 heterocycles. The van der Waals surface area contributed by atoms with E-state index in [0.29, 0.717) is 34.4 Å². The van der Waals surface area contributed by atoms with Crippen molar-refractivity contribution in [2.24, 2.45) is 0 Å². The molecule has 31 heavy (non-hydrogen) atoms. The van der Waals surface area contributed by atoms with Crippen molar-refractivity contribution in [1.29, 1.82) is 0 Å². The maximum Gasteiger partial charge on any atom is 0.255 e. The second kappa shape index (κ2) is 9.45. The summed E-state index contributed by atoms with van der Waals surface area (Å²) in [5.74, 6) is 0.746. The van der Waals surface area contributed by atoms with Gasteiger partial charge in [0.2, 0.25) is 11.8 Å². The largest absolute Gasteiger partial charge is 0.493 e. The molecule has 0 radical (unpaired) electrons. The summed E-state index contributed by atoms with van der Waals surface area (Å²) in [5, 5.41) is 11.8. The Morgan fingerprint density at radius 2 is 1.71 bits per heavy atom. The number of nitrogens with one attached hydrogen (secondary N) is 1. The van der Waals surface area contributed by atoms with Crippen LogP contribution in [-0.2, 0) is 0 Å². The standard InChI is InChI=1S/C24H20ClN3O3/c1-2-30-20-15-9-7-13-18(20)22(29)26-21(17-12-6-8-14-19(17)25)24-28-27-23(31-24)16-10-4-3-5-11-16/h3-15,21H,2H2,1H3,(H,26,29)/t21-/m0/s1. The van der Waals surface area contributed by atoms with Gasteiger partial charge >= 0.3 is 0 Å². The number of rotatable bonds is 7. The number of carbonyl (C=O) groups is 1. The van der Waals surface area contributed by atoms with Gasteiger partial charge in [-0.15, -0.1) is 10.2 Å². The van der Waals surface area contributed by atoms with Crippen LogP contribution in [0.25, 0.3) is 11.5 Å². The van der Waals surface area contributed by atoms with Crippen molar-refractivity contribution in [2.75, 3.05) is 6.61 Å². The van der Waals surface area contributed by atoms with Gasteiger partial charge in [0.25, 0.3) is 5.91 Å². The van der Waals surface area contributed by atoms with Gasteiger partial charge in [-0.3, -0.25) is 4.79 Å². The molecule has 7 heteroatoms. The highest BCUT2D eigenvalue weighted by Crippen LogP contribution is 2.30. The van der Waals surface area contributed by atoms with Crippen molar-refractivity contribution in [3.05, 3.63) is 101 Å². The van der Waals surface area contributed by atoms with Gasteiger partial charge < -0.3 is 14.5 Å². The Balaban J connectivity index is 1.71. The zero-order valence-electron chi connectivity index (χ0n) is 16.8. The zero-order valence-corrected chi connectivity index (χ0v) is 17.5. The Hall–Kier alpha value is -3.64. The van der Waals surface area contributed by atoms with E-state index in [0.717, 1.165) is 5.56 Å². The van der Waals surface area contributed by atoms with Crippen LogP contribution in [0.5, 0.6) is 5.75 Å². The molecule has 1 amide bonds. The molecule has 0 aliphatic rings. The minimum absolute atomic E-state index is 0.231. The van der Waals surface area contributed by atoms with Gasteiger partial charge in [-0.25, -0.2) is 0 Å². The highest BCUT2D eigenvalue weighted by molar-refractivity contribution is 6.31. The number of benzene rings is 3. The number of hydrogen-bond acceptors (Lipinski definition) is 5. The van der Waals surface area contributed by atoms with Crippen LogP contribution in [0.3, 0.4) is 0 Å². The van der Waals surface area contributed by atoms with Crippen LogP contribution in [0, 0.1) is 0 Å². The van der Waals surface area contributed by atoms with Crippen molar-refractivity contribution >= 4 is 17.5 Å². The SMILES string of the molecule is CCOc1ccccc1C(=O)N[C@H](c1nnc(-c2ccccc2)o1)c1ccccc1Cl. The number of amides is 1. The van der Waals surface area contributed by atoms with E-state index in [1.54, 1.807) is 24.3 Å². The van der Waals surface area contributed by atoms with Gasteiger partial charge in [0, 0.05) is 16.1 Å². The van der Waals surface area contributed by atoms with Gasteiger partial charge in [0.05, 0.1) is 12.2 Å². The van der Waals surface area contributed by atoms with Gasteiger partial charge in [-0.05, 0) is 37.3 Å². The third-order valence-corrected chi connectivity index (χ3v) is 4.98. The quantitative estimate of drug-likeness (QED) is 0.427. The van der Waals surface area contributed by atoms with Crippen molar-refractivity contribution in [3.8, 4) is 17.2 Å². The van der Waals surface area contributed by atoms with Crippen LogP contribution >= 0.6 is 11.6 Å². The van der Waals surface area contributed by atoms with E-state index in [4.69, 9.17) is 20.8 Å². The van der Waals surface area contributed by atoms with Gasteiger partial charge in [0.1, 0.15) is 11.8 Å². The average Bonchev–Trinajstić information content (AvgIpc) is 3.29. The predicted octanol–water partition coefficient (Wildman–Crippen LogP) is 5.31. The van der Waals surface area contributed by atoms with Crippen LogP contribution in [-0.4, -0.2) is 22.7 Å². The molecule has 1 atom stereocenters. The van der Waals surface area contributed by atoms with Gasteiger partial charge in [0.15, 0.2) is 0 Å². The third-order valence-electron chi connectivity index (χ3n) is 4.63. The van der Waals surface area contributed by atoms with Crippen LogP contribution in [0.4, 0.5) is 0 Å². The monoisotopic (exact) mass is 433 g/mol. The number of halogens is 1. The van der Waals surface area contributed by atoms with E-state index >= 15 is 0 Å². The van der Waals surface area contributed by atoms with Crippen molar-refractivity contribution < 1.29 is 13.9 Å². The van der Waals surface area contributed by atoms with Crippen LogP contribution in [0.2, 0.25) is 5.02 Å². The summed E-state index contributed by atoms with van der Waals surface area (Å²) in [4.78, 5) is 13.2. The smallest absolute Gasteiger partial charge is 0.255 e. The molecule has 4 aromatic rings. The summed E-state index contributed by atoms with van der Waals surface area (Å²) >= 11 is 6.44. The first kappa shape index (κ1) is 20.6. The first-order valence-electron chi connectivity index (χ1n) is 9.83. The first-order valence-corrected chi connectivity index (χ1v) is 10.2. The summed E-state index contributed by atoms with van der Waals surface area (Å²) in [5.41, 5.74) is 1.84. The number of nitrogens with zero attached hydrogens (tertiary/aromatic N) is 2. The molecule has 0 saturated carbocycles. The maximum atomic E-state index is 13.2. The third kappa shape index (κ3) is 4.59. The Morgan fingerprint density at radius 1 is 1.00 bits per heavy atom. The molecule has 0 aliphatic carbocycles. The maximum absolute atomic E-state index is 13.2. The number of para-hydroxylation sites is 1. The number of aromatic nitrogens is 2. The van der Waals surface area contributed by atoms with E-state index in [9.17, 15) is 4.79 Å². The average molecular weight is 434 g/mol. The molecule has 0 spiro atoms. The summed E-state index contributed by atoms with van der Waals surface area (Å²) in [6.45, 7) is 2.31. The molecule has 156 valence electrons. The molecular weight excluding hydrogens is 414 g/mol. The molecule has 0 saturated heterocycles. The molecule has 4 rings (SSSR count). The van der Waals surface area contributed by atoms with Crippen molar-refractivity contribution in [2.45, 2.75) is 13.0 Å². The molecular formula is C24H20ClN3O3. The lowest BCUT2D eigenvalue weighted by molar-refractivity contribution is 0.0934. The van der Waals surface area contributed by atoms with Crippen LogP contribution < -0.4 is 10.1 Å². The van der Waals surface area contributed by atoms with Crippen molar-refractivity contribution in [3.63, 3.8) is 0 Å². The minimum Gasteiger partial charge on any atom is -0.493 e. The van der Waals surface area contributed by atoms with E-state index in [-0.39, 0.29) is 11.8 Å². The number of ether oxygens (including phenoxy) is 1. The molecule has 1 N–H and O–H groups in total. The molecule has 0 aliphatic heterocycles. The fourth-order valence-corrected chi connectivity index (χ4v) is 3.42. The van der Waals surface area contributed by atoms with E-state index in [2.05, 4.69) is 15.5 Å². The lowest BCUT2D eigenvalue weighted by atomic mass is 10.1. The second-order valence-corrected chi connectivity index (χ2v) is 7.08. The molecule has 3 aromatic carbocycles. The van der Waals surface area contributed by atoms with E-state index in [1.165, 1.54) is 0 Å². The summed E-state index contributed by atoms with van der Waals surface area (Å²) < 4.78 is 11.5. The zero-order chi connectivity index (χ0) is 21.6. The second-order valence-electron chi connectivity index (χ2n) is 6.67. The highest BCUT2D eigenvalue weighted by Gasteiger charge is 2.26. The predicted molar refractivity (Wildman–Crippen MR) is 118 cm³/mol. The van der Waals surface area contributed by atoms with Crippen LogP contribution in [0.15, 0.2) is 83.3 Å². The molecule has 0 bridgehead atoms. The molecule has 1 aromatic heterocycles. The van der Waals surface area contributed by atoms with Gasteiger partial charge in [-0.1, -0.05) is 60.1 Å². The Labute approximate surface area is 184 Å². The molecule has 0 fully saturated rings. The molecule has 0 unspecified atom stereocenters. The summed E-state index contributed by atoms with van der Waals surface area (Å²) in [6.07, 6.45) is 0. The van der Waals surface area contributed by atoms with E-state index < -0.39 is 6.04 Å². The summed E-state index contributed by atoms with van der Waals surface area (Å²) in [7, 11) is 0. The fourth-order valence-electron chi connectivity index (χ4n) is 3.17. The normalized spacial score (nSPS) is 11.7. The summed E-state index contributed by atoms with van der Waals surface area (Å²) in [6, 6.07) is 23.0. The Bertz CT molecular complexity index is 1180. The minimum atomic E-state index is -0.735. The fraction of sp³-hybridized carbons (Fsp3) is 0.125.